The van der Waals surface area contributed by atoms with Crippen molar-refractivity contribution in [1.29, 1.82) is 0 Å². The molecule has 2 atom stereocenters. The molecule has 0 aromatic rings. The lowest BCUT2D eigenvalue weighted by Gasteiger charge is -2.04. The summed E-state index contributed by atoms with van der Waals surface area (Å²) in [5.41, 5.74) is 1.38. The van der Waals surface area contributed by atoms with Gasteiger partial charge in [0, 0.05) is 0 Å². The zero-order valence-electron chi connectivity index (χ0n) is 9.77. The Labute approximate surface area is 92.3 Å². The van der Waals surface area contributed by atoms with Crippen LogP contribution in [0.15, 0.2) is 36.1 Å². The van der Waals surface area contributed by atoms with Crippen LogP contribution < -0.4 is 0 Å². The molecule has 2 unspecified atom stereocenters. The summed E-state index contributed by atoms with van der Waals surface area (Å²) < 4.78 is 10.3. The molecule has 1 saturated heterocycles. The van der Waals surface area contributed by atoms with Crippen LogP contribution in [0, 0.1) is 5.92 Å². The van der Waals surface area contributed by atoms with E-state index >= 15 is 0 Å². The molecule has 0 spiro atoms. The lowest BCUT2D eigenvalue weighted by atomic mass is 10.0. The number of hydrogen-bond acceptors (Lipinski definition) is 2. The van der Waals surface area contributed by atoms with Crippen molar-refractivity contribution < 1.29 is 9.47 Å². The van der Waals surface area contributed by atoms with Crippen molar-refractivity contribution in [1.82, 2.24) is 0 Å². The highest BCUT2D eigenvalue weighted by Gasteiger charge is 2.22. The molecular weight excluding hydrogens is 188 g/mol. The van der Waals surface area contributed by atoms with Crippen LogP contribution in [0.2, 0.25) is 0 Å². The first kappa shape index (κ1) is 12.1. The minimum atomic E-state index is 0.336. The Morgan fingerprint density at radius 1 is 1.53 bits per heavy atom. The van der Waals surface area contributed by atoms with Gasteiger partial charge >= 0.3 is 0 Å². The minimum absolute atomic E-state index is 0.336. The summed E-state index contributed by atoms with van der Waals surface area (Å²) in [5, 5.41) is 0. The number of epoxide rings is 1. The predicted molar refractivity (Wildman–Crippen MR) is 62.6 cm³/mol. The second-order valence-corrected chi connectivity index (χ2v) is 3.82. The summed E-state index contributed by atoms with van der Waals surface area (Å²) >= 11 is 0. The van der Waals surface area contributed by atoms with Gasteiger partial charge in [-0.25, -0.2) is 0 Å². The van der Waals surface area contributed by atoms with E-state index < -0.39 is 0 Å². The van der Waals surface area contributed by atoms with Crippen LogP contribution >= 0.6 is 0 Å². The fourth-order valence-electron chi connectivity index (χ4n) is 1.07. The normalized spacial score (nSPS) is 23.7. The van der Waals surface area contributed by atoms with E-state index in [1.165, 1.54) is 5.57 Å². The zero-order valence-corrected chi connectivity index (χ0v) is 9.77. The Kier molecular flexibility index (Phi) is 5.19. The highest BCUT2D eigenvalue weighted by Crippen LogP contribution is 2.10. The molecule has 0 aromatic heterocycles. The summed E-state index contributed by atoms with van der Waals surface area (Å²) in [6, 6.07) is 0. The van der Waals surface area contributed by atoms with Gasteiger partial charge < -0.3 is 9.47 Å². The van der Waals surface area contributed by atoms with E-state index in [4.69, 9.17) is 9.47 Å². The second kappa shape index (κ2) is 6.46. The largest absolute Gasteiger partial charge is 0.498 e. The van der Waals surface area contributed by atoms with Crippen LogP contribution in [-0.2, 0) is 9.47 Å². The van der Waals surface area contributed by atoms with Crippen LogP contribution in [0.1, 0.15) is 20.8 Å². The van der Waals surface area contributed by atoms with Gasteiger partial charge in [0.1, 0.15) is 12.7 Å². The summed E-state index contributed by atoms with van der Waals surface area (Å²) in [5.74, 6) is 0.492. The number of ether oxygens (including phenoxy) is 2. The molecule has 15 heavy (non-hydrogen) atoms. The molecule has 1 aliphatic rings. The lowest BCUT2D eigenvalue weighted by Crippen LogP contribution is -1.94. The predicted octanol–water partition coefficient (Wildman–Crippen LogP) is 3.07. The third-order valence-corrected chi connectivity index (χ3v) is 2.54. The van der Waals surface area contributed by atoms with Crippen molar-refractivity contribution in [3.63, 3.8) is 0 Å². The topological polar surface area (TPSA) is 21.8 Å². The van der Waals surface area contributed by atoms with E-state index in [2.05, 4.69) is 32.9 Å². The standard InChI is InChI=1S/C13H20O2/c1-4-11(2)12(3)7-5-6-8-14-9-13-10-15-13/h4-8,12-13H,9-10H2,1-3H3. The number of hydrogen-bond donors (Lipinski definition) is 0. The van der Waals surface area contributed by atoms with Crippen molar-refractivity contribution in [2.75, 3.05) is 13.2 Å². The second-order valence-electron chi connectivity index (χ2n) is 3.82. The molecule has 0 amide bonds. The van der Waals surface area contributed by atoms with Crippen LogP contribution in [0.5, 0.6) is 0 Å². The average Bonchev–Trinajstić information content (AvgIpc) is 3.05. The van der Waals surface area contributed by atoms with Gasteiger partial charge in [-0.15, -0.1) is 0 Å². The first-order valence-electron chi connectivity index (χ1n) is 5.43. The molecule has 0 saturated carbocycles. The van der Waals surface area contributed by atoms with E-state index in [1.54, 1.807) is 6.26 Å². The molecule has 1 heterocycles. The quantitative estimate of drug-likeness (QED) is 0.289. The van der Waals surface area contributed by atoms with Gasteiger partial charge in [0.15, 0.2) is 0 Å². The monoisotopic (exact) mass is 208 g/mol. The molecule has 1 aliphatic heterocycles. The van der Waals surface area contributed by atoms with Crippen molar-refractivity contribution in [3.8, 4) is 0 Å². The molecular formula is C13H20O2. The van der Waals surface area contributed by atoms with Crippen molar-refractivity contribution in [2.45, 2.75) is 26.9 Å². The Morgan fingerprint density at radius 2 is 2.27 bits per heavy atom. The van der Waals surface area contributed by atoms with Gasteiger partial charge in [-0.3, -0.25) is 0 Å². The van der Waals surface area contributed by atoms with E-state index in [0.717, 1.165) is 6.61 Å². The molecule has 0 aromatic carbocycles. The highest BCUT2D eigenvalue weighted by atomic mass is 16.6. The summed E-state index contributed by atoms with van der Waals surface area (Å²) in [6.45, 7) is 7.90. The average molecular weight is 208 g/mol. The fourth-order valence-corrected chi connectivity index (χ4v) is 1.07. The zero-order chi connectivity index (χ0) is 11.1. The maximum atomic E-state index is 5.25. The van der Waals surface area contributed by atoms with Crippen molar-refractivity contribution in [3.05, 3.63) is 36.1 Å². The lowest BCUT2D eigenvalue weighted by molar-refractivity contribution is 0.212. The third kappa shape index (κ3) is 5.43. The Hall–Kier alpha value is -1.02. The van der Waals surface area contributed by atoms with Crippen LogP contribution in [0.3, 0.4) is 0 Å². The van der Waals surface area contributed by atoms with E-state index in [9.17, 15) is 0 Å². The fraction of sp³-hybridized carbons (Fsp3) is 0.538. The Balaban J connectivity index is 2.13. The Morgan fingerprint density at radius 3 is 2.87 bits per heavy atom. The molecule has 84 valence electrons. The molecule has 0 aliphatic carbocycles. The van der Waals surface area contributed by atoms with Crippen molar-refractivity contribution >= 4 is 0 Å². The van der Waals surface area contributed by atoms with Gasteiger partial charge in [0.2, 0.25) is 0 Å². The van der Waals surface area contributed by atoms with Crippen LogP contribution in [0.25, 0.3) is 0 Å². The van der Waals surface area contributed by atoms with Gasteiger partial charge in [0.05, 0.1) is 12.9 Å². The highest BCUT2D eigenvalue weighted by molar-refractivity contribution is 5.12. The Bertz CT molecular complexity index is 260. The SMILES string of the molecule is CC=C(C)C(C)C=CC=COCC1CO1. The van der Waals surface area contributed by atoms with Crippen molar-refractivity contribution in [2.24, 2.45) is 5.92 Å². The van der Waals surface area contributed by atoms with E-state index in [1.807, 2.05) is 12.2 Å². The van der Waals surface area contributed by atoms with Gasteiger partial charge in [-0.2, -0.15) is 0 Å². The summed E-state index contributed by atoms with van der Waals surface area (Å²) in [6.07, 6.45) is 10.3. The van der Waals surface area contributed by atoms with Gasteiger partial charge in [-0.05, 0) is 25.8 Å². The van der Waals surface area contributed by atoms with Crippen LogP contribution in [-0.4, -0.2) is 19.3 Å². The smallest absolute Gasteiger partial charge is 0.116 e. The number of rotatable bonds is 6. The maximum absolute atomic E-state index is 5.25. The maximum Gasteiger partial charge on any atom is 0.116 e. The molecule has 1 rings (SSSR count). The first-order chi connectivity index (χ1) is 7.24. The number of allylic oxidation sites excluding steroid dienone is 5. The minimum Gasteiger partial charge on any atom is -0.498 e. The summed E-state index contributed by atoms with van der Waals surface area (Å²) in [7, 11) is 0. The molecule has 0 radical (unpaired) electrons. The molecule has 1 fully saturated rings. The van der Waals surface area contributed by atoms with Crippen LogP contribution in [0.4, 0.5) is 0 Å². The first-order valence-corrected chi connectivity index (χ1v) is 5.43. The van der Waals surface area contributed by atoms with Gasteiger partial charge in [0.25, 0.3) is 0 Å². The molecule has 2 nitrogen and oxygen atoms in total. The van der Waals surface area contributed by atoms with E-state index in [-0.39, 0.29) is 0 Å². The third-order valence-electron chi connectivity index (χ3n) is 2.54. The van der Waals surface area contributed by atoms with E-state index in [0.29, 0.717) is 18.6 Å². The summed E-state index contributed by atoms with van der Waals surface area (Å²) in [4.78, 5) is 0. The molecule has 2 heteroatoms. The molecule has 0 N–H and O–H groups in total. The van der Waals surface area contributed by atoms with Gasteiger partial charge in [-0.1, -0.05) is 30.7 Å². The molecule has 0 bridgehead atoms.